The first kappa shape index (κ1) is 10.9. The Labute approximate surface area is 79.3 Å². The maximum absolute atomic E-state index is 11.2. The first-order chi connectivity index (χ1) is 5.71. The molecule has 0 spiro atoms. The van der Waals surface area contributed by atoms with Gasteiger partial charge in [-0.1, -0.05) is 5.21 Å². The van der Waals surface area contributed by atoms with E-state index in [1.165, 1.54) is 0 Å². The van der Waals surface area contributed by atoms with Crippen LogP contribution in [0.15, 0.2) is 0 Å². The average molecular weight is 188 g/mol. The third-order valence-electron chi connectivity index (χ3n) is 1.85. The molecule has 4 nitrogen and oxygen atoms in total. The summed E-state index contributed by atoms with van der Waals surface area (Å²) in [6, 6.07) is 0. The quantitative estimate of drug-likeness (QED) is 0.498. The van der Waals surface area contributed by atoms with Crippen molar-refractivity contribution >= 4 is 0 Å². The van der Waals surface area contributed by atoms with Crippen molar-refractivity contribution < 1.29 is 14.8 Å². The summed E-state index contributed by atoms with van der Waals surface area (Å²) in [6.45, 7) is 9.74. The fourth-order valence-electron chi connectivity index (χ4n) is 1.07. The third kappa shape index (κ3) is 3.60. The van der Waals surface area contributed by atoms with Crippen LogP contribution in [0, 0.1) is 0 Å². The van der Waals surface area contributed by atoms with Crippen LogP contribution < -0.4 is 0 Å². The molecule has 0 aromatic carbocycles. The van der Waals surface area contributed by atoms with Crippen LogP contribution in [0.2, 0.25) is 0 Å². The summed E-state index contributed by atoms with van der Waals surface area (Å²) in [5.41, 5.74) is -0.579. The zero-order chi connectivity index (χ0) is 10.3. The highest BCUT2D eigenvalue weighted by molar-refractivity contribution is 4.95. The van der Waals surface area contributed by atoms with E-state index >= 15 is 0 Å². The highest BCUT2D eigenvalue weighted by atomic mass is 16.9. The van der Waals surface area contributed by atoms with E-state index < -0.39 is 5.60 Å². The second kappa shape index (κ2) is 3.20. The van der Waals surface area contributed by atoms with Gasteiger partial charge in [-0.3, -0.25) is 4.84 Å². The minimum Gasteiger partial charge on any atom is -0.365 e. The molecule has 0 amide bonds. The zero-order valence-electron chi connectivity index (χ0n) is 8.96. The van der Waals surface area contributed by atoms with Gasteiger partial charge >= 0.3 is 0 Å². The first-order valence-corrected chi connectivity index (χ1v) is 4.52. The molecule has 1 fully saturated rings. The number of ether oxygens (including phenoxy) is 1. The van der Waals surface area contributed by atoms with Crippen molar-refractivity contribution in [3.63, 3.8) is 0 Å². The Kier molecular flexibility index (Phi) is 2.69. The molecule has 1 aliphatic heterocycles. The molecule has 4 heteroatoms. The molecule has 1 aliphatic rings. The lowest BCUT2D eigenvalue weighted by atomic mass is 10.1. The molecule has 1 heterocycles. The van der Waals surface area contributed by atoms with Crippen molar-refractivity contribution in [1.82, 2.24) is 5.23 Å². The molecule has 0 aliphatic carbocycles. The van der Waals surface area contributed by atoms with Gasteiger partial charge in [-0.25, -0.2) is 0 Å². The van der Waals surface area contributed by atoms with Gasteiger partial charge in [0.2, 0.25) is 0 Å². The first-order valence-electron chi connectivity index (χ1n) is 4.52. The lowest BCUT2D eigenvalue weighted by Crippen LogP contribution is -2.34. The molecule has 0 N–H and O–H groups in total. The van der Waals surface area contributed by atoms with Gasteiger partial charge in [0.05, 0.1) is 17.7 Å². The fraction of sp³-hybridized carbons (Fsp3) is 1.00. The minimum atomic E-state index is -0.430. The minimum absolute atomic E-state index is 0.00681. The Balaban J connectivity index is 2.24. The highest BCUT2D eigenvalue weighted by Gasteiger charge is 2.49. The molecule has 13 heavy (non-hydrogen) atoms. The van der Waals surface area contributed by atoms with E-state index in [4.69, 9.17) is 9.57 Å². The Morgan fingerprint density at radius 2 is 1.92 bits per heavy atom. The zero-order valence-corrected chi connectivity index (χ0v) is 8.96. The Bertz CT molecular complexity index is 186. The van der Waals surface area contributed by atoms with Gasteiger partial charge in [0, 0.05) is 0 Å². The molecule has 1 unspecified atom stereocenters. The van der Waals surface area contributed by atoms with Crippen molar-refractivity contribution in [3.05, 3.63) is 0 Å². The second-order valence-electron chi connectivity index (χ2n) is 4.93. The summed E-state index contributed by atoms with van der Waals surface area (Å²) >= 11 is 0. The fourth-order valence-corrected chi connectivity index (χ4v) is 1.07. The molecule has 1 atom stereocenters. The van der Waals surface area contributed by atoms with Crippen LogP contribution in [-0.4, -0.2) is 29.1 Å². The van der Waals surface area contributed by atoms with Crippen LogP contribution in [0.3, 0.4) is 0 Å². The van der Waals surface area contributed by atoms with E-state index in [2.05, 4.69) is 0 Å². The molecule has 0 saturated carbocycles. The van der Waals surface area contributed by atoms with Crippen molar-refractivity contribution in [1.29, 1.82) is 0 Å². The van der Waals surface area contributed by atoms with E-state index in [0.717, 1.165) is 0 Å². The molecule has 1 radical (unpaired) electrons. The van der Waals surface area contributed by atoms with Crippen molar-refractivity contribution in [3.8, 4) is 0 Å². The number of rotatable bonds is 3. The average Bonchev–Trinajstić information content (AvgIpc) is 2.32. The van der Waals surface area contributed by atoms with Crippen LogP contribution in [0.5, 0.6) is 0 Å². The normalized spacial score (nSPS) is 26.5. The molecule has 0 aromatic rings. The summed E-state index contributed by atoms with van der Waals surface area (Å²) in [5.74, 6) is 0. The van der Waals surface area contributed by atoms with E-state index in [1.54, 1.807) is 0 Å². The van der Waals surface area contributed by atoms with E-state index in [1.807, 2.05) is 34.6 Å². The highest BCUT2D eigenvalue weighted by Crippen LogP contribution is 2.35. The lowest BCUT2D eigenvalue weighted by molar-refractivity contribution is -0.411. The maximum Gasteiger partial charge on any atom is 0.104 e. The number of nitrogens with zero attached hydrogens (tertiary/aromatic N) is 1. The molecule has 0 bridgehead atoms. The summed E-state index contributed by atoms with van der Waals surface area (Å²) in [7, 11) is 0. The smallest absolute Gasteiger partial charge is 0.104 e. The Morgan fingerprint density at radius 1 is 1.46 bits per heavy atom. The SMILES string of the molecule is CC(C)(C)ON([O])CC1OC1(C)C. The molecule has 1 rings (SSSR count). The number of hydrogen-bond acceptors (Lipinski definition) is 3. The molecular weight excluding hydrogens is 170 g/mol. The van der Waals surface area contributed by atoms with Crippen molar-refractivity contribution in [2.75, 3.05) is 6.54 Å². The van der Waals surface area contributed by atoms with Crippen LogP contribution in [0.25, 0.3) is 0 Å². The summed E-state index contributed by atoms with van der Waals surface area (Å²) in [4.78, 5) is 5.08. The van der Waals surface area contributed by atoms with Gasteiger partial charge in [-0.2, -0.15) is 0 Å². The molecule has 0 aromatic heterocycles. The van der Waals surface area contributed by atoms with Gasteiger partial charge < -0.3 is 4.74 Å². The third-order valence-corrected chi connectivity index (χ3v) is 1.85. The standard InChI is InChI=1S/C9H18NO3/c1-8(2,3)13-10(11)6-7-9(4,5)12-7/h7H,6H2,1-5H3. The van der Waals surface area contributed by atoms with Crippen molar-refractivity contribution in [2.24, 2.45) is 0 Å². The van der Waals surface area contributed by atoms with Crippen LogP contribution in [-0.2, 0) is 14.8 Å². The number of hydrogen-bond donors (Lipinski definition) is 0. The van der Waals surface area contributed by atoms with E-state index in [0.29, 0.717) is 5.23 Å². The lowest BCUT2D eigenvalue weighted by Gasteiger charge is -2.22. The second-order valence-corrected chi connectivity index (χ2v) is 4.93. The number of hydroxylamine groups is 2. The predicted octanol–water partition coefficient (Wildman–Crippen LogP) is 1.54. The Morgan fingerprint density at radius 3 is 2.23 bits per heavy atom. The molecule has 77 valence electrons. The summed E-state index contributed by atoms with van der Waals surface area (Å²) < 4.78 is 5.27. The van der Waals surface area contributed by atoms with E-state index in [-0.39, 0.29) is 18.2 Å². The van der Waals surface area contributed by atoms with Gasteiger partial charge in [0.1, 0.15) is 6.10 Å². The summed E-state index contributed by atoms with van der Waals surface area (Å²) in [6.07, 6.45) is 0.00681. The Hall–Kier alpha value is -0.160. The largest absolute Gasteiger partial charge is 0.365 e. The number of epoxide rings is 1. The van der Waals surface area contributed by atoms with Crippen LogP contribution >= 0.6 is 0 Å². The van der Waals surface area contributed by atoms with E-state index in [9.17, 15) is 5.21 Å². The summed E-state index contributed by atoms with van der Waals surface area (Å²) in [5, 5.41) is 11.8. The van der Waals surface area contributed by atoms with Gasteiger partial charge in [0.15, 0.2) is 0 Å². The van der Waals surface area contributed by atoms with Crippen LogP contribution in [0.1, 0.15) is 34.6 Å². The van der Waals surface area contributed by atoms with Crippen LogP contribution in [0.4, 0.5) is 0 Å². The molecular formula is C9H18NO3. The predicted molar refractivity (Wildman–Crippen MR) is 47.2 cm³/mol. The molecule has 1 saturated heterocycles. The van der Waals surface area contributed by atoms with Gasteiger partial charge in [-0.05, 0) is 39.8 Å². The van der Waals surface area contributed by atoms with Gasteiger partial charge in [0.25, 0.3) is 0 Å². The van der Waals surface area contributed by atoms with Crippen molar-refractivity contribution in [2.45, 2.75) is 51.9 Å². The topological polar surface area (TPSA) is 44.9 Å². The van der Waals surface area contributed by atoms with Gasteiger partial charge in [-0.15, -0.1) is 0 Å². The monoisotopic (exact) mass is 188 g/mol. The maximum atomic E-state index is 11.2.